The maximum absolute atomic E-state index is 12.3. The van der Waals surface area contributed by atoms with Crippen LogP contribution in [0.25, 0.3) is 11.0 Å². The Hall–Kier alpha value is -3.94. The Morgan fingerprint density at radius 2 is 1.88 bits per heavy atom. The zero-order valence-corrected chi connectivity index (χ0v) is 17.6. The third kappa shape index (κ3) is 4.85. The minimum Gasteiger partial charge on any atom is -0.461 e. The molecule has 0 unspecified atom stereocenters. The minimum absolute atomic E-state index is 0.0697. The highest BCUT2D eigenvalue weighted by molar-refractivity contribution is 5.95. The fourth-order valence-electron chi connectivity index (χ4n) is 3.72. The molecule has 2 aromatic carbocycles. The highest BCUT2D eigenvalue weighted by Crippen LogP contribution is 2.23. The van der Waals surface area contributed by atoms with E-state index in [4.69, 9.17) is 9.15 Å². The second kappa shape index (κ2) is 9.05. The van der Waals surface area contributed by atoms with E-state index in [0.717, 1.165) is 17.7 Å². The maximum atomic E-state index is 12.3. The number of anilines is 2. The van der Waals surface area contributed by atoms with Gasteiger partial charge in [0.2, 0.25) is 11.8 Å². The molecule has 1 fully saturated rings. The van der Waals surface area contributed by atoms with Gasteiger partial charge >= 0.3 is 11.6 Å². The first-order chi connectivity index (χ1) is 15.4. The molecule has 1 aliphatic heterocycles. The number of esters is 1. The van der Waals surface area contributed by atoms with Crippen LogP contribution in [-0.2, 0) is 32.1 Å². The van der Waals surface area contributed by atoms with Crippen LogP contribution in [0.2, 0.25) is 0 Å². The monoisotopic (exact) mass is 434 g/mol. The van der Waals surface area contributed by atoms with Crippen molar-refractivity contribution in [3.05, 3.63) is 70.1 Å². The van der Waals surface area contributed by atoms with Gasteiger partial charge in [-0.3, -0.25) is 14.4 Å². The molecule has 0 bridgehead atoms. The number of benzene rings is 2. The minimum atomic E-state index is -0.574. The molecule has 8 heteroatoms. The summed E-state index contributed by atoms with van der Waals surface area (Å²) in [5.74, 6) is -0.566. The van der Waals surface area contributed by atoms with E-state index in [-0.39, 0.29) is 24.8 Å². The fraction of sp³-hybridized carbons (Fsp3) is 0.250. The standard InChI is InChI=1S/C24H22N2O6/c1-15(27)25-18-6-9-20-17(12-24(30)32-21(20)13-18)14-31-23(29)11-16-4-7-19(8-5-16)26-10-2-3-22(26)28/h4-9,12-13H,2-3,10-11,14H2,1H3,(H,25,27). The number of nitrogens with one attached hydrogen (secondary N) is 1. The summed E-state index contributed by atoms with van der Waals surface area (Å²) in [6.45, 7) is 2.02. The van der Waals surface area contributed by atoms with Crippen molar-refractivity contribution < 1.29 is 23.5 Å². The largest absolute Gasteiger partial charge is 0.461 e. The molecule has 8 nitrogen and oxygen atoms in total. The first kappa shape index (κ1) is 21.3. The first-order valence-corrected chi connectivity index (χ1v) is 10.3. The highest BCUT2D eigenvalue weighted by atomic mass is 16.5. The van der Waals surface area contributed by atoms with Crippen molar-refractivity contribution in [1.29, 1.82) is 0 Å². The lowest BCUT2D eigenvalue weighted by Gasteiger charge is -2.15. The number of nitrogens with zero attached hydrogens (tertiary/aromatic N) is 1. The molecule has 1 aliphatic rings. The molecule has 3 aromatic rings. The molecule has 0 atom stereocenters. The molecule has 2 heterocycles. The quantitative estimate of drug-likeness (QED) is 0.472. The Kier molecular flexibility index (Phi) is 6.02. The third-order valence-corrected chi connectivity index (χ3v) is 5.21. The lowest BCUT2D eigenvalue weighted by molar-refractivity contribution is -0.144. The van der Waals surface area contributed by atoms with Gasteiger partial charge in [0, 0.05) is 54.3 Å². The molecule has 32 heavy (non-hydrogen) atoms. The van der Waals surface area contributed by atoms with Crippen LogP contribution >= 0.6 is 0 Å². The average Bonchev–Trinajstić information content (AvgIpc) is 3.17. The van der Waals surface area contributed by atoms with Crippen LogP contribution in [0, 0.1) is 0 Å². The smallest absolute Gasteiger partial charge is 0.336 e. The van der Waals surface area contributed by atoms with Crippen LogP contribution in [0.3, 0.4) is 0 Å². The van der Waals surface area contributed by atoms with E-state index in [9.17, 15) is 19.2 Å². The van der Waals surface area contributed by atoms with Gasteiger partial charge in [0.05, 0.1) is 6.42 Å². The lowest BCUT2D eigenvalue weighted by Crippen LogP contribution is -2.23. The Balaban J connectivity index is 1.42. The summed E-state index contributed by atoms with van der Waals surface area (Å²) < 4.78 is 10.6. The van der Waals surface area contributed by atoms with Crippen molar-refractivity contribution in [3.8, 4) is 0 Å². The molecular weight excluding hydrogens is 412 g/mol. The molecule has 1 aromatic heterocycles. The third-order valence-electron chi connectivity index (χ3n) is 5.21. The van der Waals surface area contributed by atoms with Gasteiger partial charge in [0.25, 0.3) is 0 Å². The van der Waals surface area contributed by atoms with Crippen LogP contribution in [0.5, 0.6) is 0 Å². The summed E-state index contributed by atoms with van der Waals surface area (Å²) in [5.41, 5.74) is 2.33. The number of rotatable bonds is 6. The van der Waals surface area contributed by atoms with E-state index in [1.165, 1.54) is 13.0 Å². The van der Waals surface area contributed by atoms with Crippen molar-refractivity contribution in [3.63, 3.8) is 0 Å². The maximum Gasteiger partial charge on any atom is 0.336 e. The summed E-state index contributed by atoms with van der Waals surface area (Å²) in [4.78, 5) is 49.1. The van der Waals surface area contributed by atoms with Gasteiger partial charge in [-0.15, -0.1) is 0 Å². The Bertz CT molecular complexity index is 1250. The van der Waals surface area contributed by atoms with Crippen LogP contribution in [0.4, 0.5) is 11.4 Å². The second-order valence-electron chi connectivity index (χ2n) is 7.64. The van der Waals surface area contributed by atoms with Gasteiger partial charge < -0.3 is 19.4 Å². The molecule has 0 spiro atoms. The molecule has 0 aliphatic carbocycles. The molecule has 0 saturated carbocycles. The zero-order valence-electron chi connectivity index (χ0n) is 17.6. The van der Waals surface area contributed by atoms with Gasteiger partial charge in [-0.1, -0.05) is 12.1 Å². The van der Waals surface area contributed by atoms with E-state index in [1.807, 2.05) is 12.1 Å². The first-order valence-electron chi connectivity index (χ1n) is 10.3. The molecule has 0 radical (unpaired) electrons. The fourth-order valence-corrected chi connectivity index (χ4v) is 3.72. The SMILES string of the molecule is CC(=O)Nc1ccc2c(COC(=O)Cc3ccc(N4CCCC4=O)cc3)cc(=O)oc2c1. The van der Waals surface area contributed by atoms with Crippen molar-refractivity contribution in [2.75, 3.05) is 16.8 Å². The highest BCUT2D eigenvalue weighted by Gasteiger charge is 2.21. The lowest BCUT2D eigenvalue weighted by atomic mass is 10.1. The van der Waals surface area contributed by atoms with Gasteiger partial charge in [0.15, 0.2) is 0 Å². The van der Waals surface area contributed by atoms with E-state index in [1.54, 1.807) is 35.2 Å². The van der Waals surface area contributed by atoms with Crippen molar-refractivity contribution in [1.82, 2.24) is 0 Å². The van der Waals surface area contributed by atoms with E-state index in [0.29, 0.717) is 35.2 Å². The number of fused-ring (bicyclic) bond motifs is 1. The summed E-state index contributed by atoms with van der Waals surface area (Å²) in [6.07, 6.45) is 1.49. The number of hydrogen-bond acceptors (Lipinski definition) is 6. The van der Waals surface area contributed by atoms with Crippen LogP contribution in [-0.4, -0.2) is 24.3 Å². The molecule has 1 N–H and O–H groups in total. The summed E-state index contributed by atoms with van der Waals surface area (Å²) in [6, 6.07) is 13.5. The van der Waals surface area contributed by atoms with E-state index >= 15 is 0 Å². The van der Waals surface area contributed by atoms with E-state index in [2.05, 4.69) is 5.32 Å². The summed E-state index contributed by atoms with van der Waals surface area (Å²) >= 11 is 0. The molecule has 4 rings (SSSR count). The van der Waals surface area contributed by atoms with Crippen LogP contribution in [0.15, 0.2) is 57.7 Å². The van der Waals surface area contributed by atoms with Gasteiger partial charge in [0.1, 0.15) is 12.2 Å². The molecular formula is C24H22N2O6. The summed E-state index contributed by atoms with van der Waals surface area (Å²) in [7, 11) is 0. The van der Waals surface area contributed by atoms with Crippen molar-refractivity contribution >= 4 is 40.1 Å². The van der Waals surface area contributed by atoms with Gasteiger partial charge in [-0.05, 0) is 36.2 Å². The number of amides is 2. The average molecular weight is 434 g/mol. The van der Waals surface area contributed by atoms with Gasteiger partial charge in [-0.25, -0.2) is 4.79 Å². The molecule has 1 saturated heterocycles. The second-order valence-corrected chi connectivity index (χ2v) is 7.64. The predicted octanol–water partition coefficient (Wildman–Crippen LogP) is 3.16. The number of hydrogen-bond donors (Lipinski definition) is 1. The molecule has 2 amide bonds. The number of carbonyl (C=O) groups is 3. The van der Waals surface area contributed by atoms with Crippen molar-refractivity contribution in [2.24, 2.45) is 0 Å². The Labute approximate surface area is 183 Å². The van der Waals surface area contributed by atoms with Crippen LogP contribution < -0.4 is 15.8 Å². The number of carbonyl (C=O) groups excluding carboxylic acids is 3. The van der Waals surface area contributed by atoms with Crippen LogP contribution in [0.1, 0.15) is 30.9 Å². The van der Waals surface area contributed by atoms with Crippen molar-refractivity contribution in [2.45, 2.75) is 32.8 Å². The predicted molar refractivity (Wildman–Crippen MR) is 118 cm³/mol. The normalized spacial score (nSPS) is 13.4. The van der Waals surface area contributed by atoms with Gasteiger partial charge in [-0.2, -0.15) is 0 Å². The zero-order chi connectivity index (χ0) is 22.7. The topological polar surface area (TPSA) is 106 Å². The van der Waals surface area contributed by atoms with E-state index < -0.39 is 11.6 Å². The number of ether oxygens (including phenoxy) is 1. The summed E-state index contributed by atoms with van der Waals surface area (Å²) in [5, 5.41) is 3.25. The molecule has 164 valence electrons. The Morgan fingerprint density at radius 3 is 2.56 bits per heavy atom. The Morgan fingerprint density at radius 1 is 1.09 bits per heavy atom.